The normalized spacial score (nSPS) is 20.8. The summed E-state index contributed by atoms with van der Waals surface area (Å²) < 4.78 is 6.19. The van der Waals surface area contributed by atoms with E-state index in [1.54, 1.807) is 6.20 Å². The quantitative estimate of drug-likeness (QED) is 0.861. The van der Waals surface area contributed by atoms with Crippen LogP contribution in [0.4, 0.5) is 5.82 Å². The van der Waals surface area contributed by atoms with E-state index < -0.39 is 12.0 Å². The zero-order valence-corrected chi connectivity index (χ0v) is 10.2. The molecule has 1 aliphatic heterocycles. The number of hydrogen-bond acceptors (Lipinski definition) is 4. The first-order valence-electron chi connectivity index (χ1n) is 4.94. The molecule has 1 atom stereocenters. The maximum Gasteiger partial charge on any atom is 0.248 e. The lowest BCUT2D eigenvalue weighted by Crippen LogP contribution is -2.48. The number of amides is 1. The highest BCUT2D eigenvalue weighted by Crippen LogP contribution is 2.17. The van der Waals surface area contributed by atoms with E-state index in [9.17, 15) is 4.79 Å². The number of anilines is 1. The van der Waals surface area contributed by atoms with Crippen molar-refractivity contribution in [3.63, 3.8) is 0 Å². The van der Waals surface area contributed by atoms with Crippen molar-refractivity contribution in [2.24, 2.45) is 5.73 Å². The molecular formula is C10H12BrN3O2. The van der Waals surface area contributed by atoms with Gasteiger partial charge in [0.25, 0.3) is 0 Å². The number of morpholine rings is 1. The largest absolute Gasteiger partial charge is 0.367 e. The lowest BCUT2D eigenvalue weighted by Gasteiger charge is -2.32. The topological polar surface area (TPSA) is 68.5 Å². The number of aromatic nitrogens is 1. The van der Waals surface area contributed by atoms with Crippen LogP contribution in [0.2, 0.25) is 0 Å². The van der Waals surface area contributed by atoms with Crippen molar-refractivity contribution < 1.29 is 9.53 Å². The molecule has 86 valence electrons. The second-order valence-electron chi connectivity index (χ2n) is 3.54. The summed E-state index contributed by atoms with van der Waals surface area (Å²) in [4.78, 5) is 17.3. The second-order valence-corrected chi connectivity index (χ2v) is 4.46. The van der Waals surface area contributed by atoms with E-state index in [-0.39, 0.29) is 0 Å². The SMILES string of the molecule is NC(=O)[C@@H]1CN(c2ccc(Br)cn2)CCO1. The zero-order chi connectivity index (χ0) is 11.5. The van der Waals surface area contributed by atoms with Gasteiger partial charge in [0.1, 0.15) is 5.82 Å². The van der Waals surface area contributed by atoms with E-state index >= 15 is 0 Å². The third-order valence-electron chi connectivity index (χ3n) is 2.42. The average molecular weight is 286 g/mol. The number of rotatable bonds is 2. The molecule has 1 aliphatic rings. The molecular weight excluding hydrogens is 274 g/mol. The Kier molecular flexibility index (Phi) is 3.40. The van der Waals surface area contributed by atoms with Crippen LogP contribution < -0.4 is 10.6 Å². The fraction of sp³-hybridized carbons (Fsp3) is 0.400. The molecule has 0 radical (unpaired) electrons. The van der Waals surface area contributed by atoms with Crippen LogP contribution >= 0.6 is 15.9 Å². The first-order chi connectivity index (χ1) is 7.66. The summed E-state index contributed by atoms with van der Waals surface area (Å²) in [5.41, 5.74) is 5.21. The number of pyridine rings is 1. The number of hydrogen-bond donors (Lipinski definition) is 1. The van der Waals surface area contributed by atoms with Gasteiger partial charge in [-0.05, 0) is 28.1 Å². The lowest BCUT2D eigenvalue weighted by molar-refractivity contribution is -0.130. The van der Waals surface area contributed by atoms with E-state index in [1.165, 1.54) is 0 Å². The van der Waals surface area contributed by atoms with Crippen molar-refractivity contribution in [2.45, 2.75) is 6.10 Å². The summed E-state index contributed by atoms with van der Waals surface area (Å²) in [7, 11) is 0. The molecule has 2 rings (SSSR count). The Morgan fingerprint density at radius 1 is 1.62 bits per heavy atom. The van der Waals surface area contributed by atoms with E-state index in [1.807, 2.05) is 17.0 Å². The number of nitrogens with zero attached hydrogens (tertiary/aromatic N) is 2. The van der Waals surface area contributed by atoms with Gasteiger partial charge in [-0.15, -0.1) is 0 Å². The summed E-state index contributed by atoms with van der Waals surface area (Å²) in [6, 6.07) is 3.81. The highest BCUT2D eigenvalue weighted by molar-refractivity contribution is 9.10. The minimum atomic E-state index is -0.542. The second kappa shape index (κ2) is 4.80. The van der Waals surface area contributed by atoms with Crippen LogP contribution in [0.25, 0.3) is 0 Å². The maximum atomic E-state index is 11.0. The predicted molar refractivity (Wildman–Crippen MR) is 63.1 cm³/mol. The monoisotopic (exact) mass is 285 g/mol. The van der Waals surface area contributed by atoms with Crippen LogP contribution in [0.3, 0.4) is 0 Å². The van der Waals surface area contributed by atoms with Gasteiger partial charge in [0, 0.05) is 17.2 Å². The van der Waals surface area contributed by atoms with E-state index in [0.717, 1.165) is 16.8 Å². The van der Waals surface area contributed by atoms with Crippen molar-refractivity contribution in [2.75, 3.05) is 24.6 Å². The molecule has 1 fully saturated rings. The van der Waals surface area contributed by atoms with Crippen LogP contribution in [-0.4, -0.2) is 36.7 Å². The fourth-order valence-corrected chi connectivity index (χ4v) is 1.82. The summed E-state index contributed by atoms with van der Waals surface area (Å²) in [5, 5.41) is 0. The maximum absolute atomic E-state index is 11.0. The van der Waals surface area contributed by atoms with Crippen LogP contribution in [0, 0.1) is 0 Å². The molecule has 0 bridgehead atoms. The number of nitrogens with two attached hydrogens (primary N) is 1. The zero-order valence-electron chi connectivity index (χ0n) is 8.60. The van der Waals surface area contributed by atoms with Crippen molar-refractivity contribution in [3.05, 3.63) is 22.8 Å². The predicted octanol–water partition coefficient (Wildman–Crippen LogP) is 0.535. The number of carbonyl (C=O) groups is 1. The number of ether oxygens (including phenoxy) is 1. The number of carbonyl (C=O) groups excluding carboxylic acids is 1. The molecule has 0 saturated carbocycles. The Morgan fingerprint density at radius 2 is 2.44 bits per heavy atom. The summed E-state index contributed by atoms with van der Waals surface area (Å²) in [5.74, 6) is 0.402. The average Bonchev–Trinajstić information content (AvgIpc) is 2.30. The Morgan fingerprint density at radius 3 is 3.06 bits per heavy atom. The summed E-state index contributed by atoms with van der Waals surface area (Å²) in [6.07, 6.45) is 1.18. The van der Waals surface area contributed by atoms with Crippen molar-refractivity contribution in [1.29, 1.82) is 0 Å². The smallest absolute Gasteiger partial charge is 0.248 e. The van der Waals surface area contributed by atoms with Gasteiger partial charge in [-0.2, -0.15) is 0 Å². The third-order valence-corrected chi connectivity index (χ3v) is 2.89. The summed E-state index contributed by atoms with van der Waals surface area (Å²) in [6.45, 7) is 1.67. The van der Waals surface area contributed by atoms with Crippen LogP contribution in [0.1, 0.15) is 0 Å². The van der Waals surface area contributed by atoms with Crippen molar-refractivity contribution >= 4 is 27.7 Å². The lowest BCUT2D eigenvalue weighted by atomic mass is 10.2. The highest BCUT2D eigenvalue weighted by atomic mass is 79.9. The molecule has 1 aromatic heterocycles. The molecule has 1 amide bonds. The molecule has 1 saturated heterocycles. The van der Waals surface area contributed by atoms with E-state index in [0.29, 0.717) is 13.2 Å². The minimum Gasteiger partial charge on any atom is -0.367 e. The molecule has 6 heteroatoms. The minimum absolute atomic E-state index is 0.429. The summed E-state index contributed by atoms with van der Waals surface area (Å²) >= 11 is 3.32. The number of primary amides is 1. The van der Waals surface area contributed by atoms with Gasteiger partial charge in [0.2, 0.25) is 5.91 Å². The van der Waals surface area contributed by atoms with E-state index in [4.69, 9.17) is 10.5 Å². The molecule has 2 heterocycles. The van der Waals surface area contributed by atoms with Gasteiger partial charge in [-0.3, -0.25) is 4.79 Å². The van der Waals surface area contributed by atoms with Gasteiger partial charge in [0.15, 0.2) is 6.10 Å². The van der Waals surface area contributed by atoms with Gasteiger partial charge in [0.05, 0.1) is 13.2 Å². The van der Waals surface area contributed by atoms with Gasteiger partial charge in [-0.1, -0.05) is 0 Å². The van der Waals surface area contributed by atoms with Crippen molar-refractivity contribution in [3.8, 4) is 0 Å². The standard InChI is InChI=1S/C10H12BrN3O2/c11-7-1-2-9(13-5-7)14-3-4-16-8(6-14)10(12)15/h1-2,5,8H,3-4,6H2,(H2,12,15)/t8-/m0/s1. The fourth-order valence-electron chi connectivity index (χ4n) is 1.58. The van der Waals surface area contributed by atoms with Gasteiger partial charge < -0.3 is 15.4 Å². The third kappa shape index (κ3) is 2.51. The molecule has 2 N–H and O–H groups in total. The molecule has 16 heavy (non-hydrogen) atoms. The van der Waals surface area contributed by atoms with Gasteiger partial charge in [-0.25, -0.2) is 4.98 Å². The molecule has 0 aromatic carbocycles. The first kappa shape index (κ1) is 11.3. The molecule has 5 nitrogen and oxygen atoms in total. The molecule has 0 spiro atoms. The number of halogens is 1. The highest BCUT2D eigenvalue weighted by Gasteiger charge is 2.25. The molecule has 1 aromatic rings. The van der Waals surface area contributed by atoms with Crippen LogP contribution in [0.5, 0.6) is 0 Å². The molecule has 0 unspecified atom stereocenters. The van der Waals surface area contributed by atoms with Crippen LogP contribution in [0.15, 0.2) is 22.8 Å². The molecule has 0 aliphatic carbocycles. The van der Waals surface area contributed by atoms with Gasteiger partial charge >= 0.3 is 0 Å². The Bertz CT molecular complexity index is 382. The van der Waals surface area contributed by atoms with Crippen LogP contribution in [-0.2, 0) is 9.53 Å². The van der Waals surface area contributed by atoms with Crippen molar-refractivity contribution in [1.82, 2.24) is 4.98 Å². The van der Waals surface area contributed by atoms with E-state index in [2.05, 4.69) is 20.9 Å². The Labute approximate surface area is 102 Å². The Hall–Kier alpha value is -1.14. The Balaban J connectivity index is 2.09. The first-order valence-corrected chi connectivity index (χ1v) is 5.73.